The fourth-order valence-electron chi connectivity index (χ4n) is 2.21. The number of hydrogen-bond donors (Lipinski definition) is 0. The number of fused-ring (bicyclic) bond motifs is 2. The topological polar surface area (TPSA) is 60.2 Å². The lowest BCUT2D eigenvalue weighted by Crippen LogP contribution is -2.07. The Labute approximate surface area is 115 Å². The molecule has 0 saturated carbocycles. The van der Waals surface area contributed by atoms with Gasteiger partial charge in [0.25, 0.3) is 0 Å². The van der Waals surface area contributed by atoms with Gasteiger partial charge in [0.2, 0.25) is 11.1 Å². The van der Waals surface area contributed by atoms with Gasteiger partial charge in [-0.3, -0.25) is 9.59 Å². The standard InChI is InChI=1S/C16H13NO3/c1-9(10(2)18)11-5-6-14-13(8-11)15(19)12-4-3-7-17-16(12)20-14/h3-9H,1-2H3. The van der Waals surface area contributed by atoms with Gasteiger partial charge in [-0.05, 0) is 36.8 Å². The van der Waals surface area contributed by atoms with Gasteiger partial charge < -0.3 is 4.42 Å². The first kappa shape index (κ1) is 12.5. The summed E-state index contributed by atoms with van der Waals surface area (Å²) in [5, 5.41) is 0.934. The molecular formula is C16H13NO3. The molecule has 0 amide bonds. The summed E-state index contributed by atoms with van der Waals surface area (Å²) >= 11 is 0. The number of nitrogens with zero attached hydrogens (tertiary/aromatic N) is 1. The Morgan fingerprint density at radius 1 is 1.25 bits per heavy atom. The van der Waals surface area contributed by atoms with Crippen LogP contribution in [0.2, 0.25) is 0 Å². The highest BCUT2D eigenvalue weighted by Gasteiger charge is 2.14. The number of aromatic nitrogens is 1. The van der Waals surface area contributed by atoms with Crippen molar-refractivity contribution < 1.29 is 9.21 Å². The van der Waals surface area contributed by atoms with Crippen LogP contribution < -0.4 is 5.43 Å². The number of rotatable bonds is 2. The van der Waals surface area contributed by atoms with E-state index in [1.165, 1.54) is 0 Å². The number of benzene rings is 1. The first-order chi connectivity index (χ1) is 9.58. The Morgan fingerprint density at radius 3 is 2.80 bits per heavy atom. The van der Waals surface area contributed by atoms with E-state index in [4.69, 9.17) is 4.42 Å². The molecule has 20 heavy (non-hydrogen) atoms. The number of carbonyl (C=O) groups excluding carboxylic acids is 1. The Bertz CT molecular complexity index is 880. The summed E-state index contributed by atoms with van der Waals surface area (Å²) in [6, 6.07) is 8.66. The van der Waals surface area contributed by atoms with Gasteiger partial charge in [-0.2, -0.15) is 0 Å². The second-order valence-corrected chi connectivity index (χ2v) is 4.88. The number of ketones is 1. The van der Waals surface area contributed by atoms with Crippen LogP contribution in [0.3, 0.4) is 0 Å². The molecule has 1 atom stereocenters. The highest BCUT2D eigenvalue weighted by atomic mass is 16.3. The van der Waals surface area contributed by atoms with E-state index in [0.717, 1.165) is 5.56 Å². The minimum absolute atomic E-state index is 0.0659. The highest BCUT2D eigenvalue weighted by Crippen LogP contribution is 2.22. The number of hydrogen-bond acceptors (Lipinski definition) is 4. The van der Waals surface area contributed by atoms with Crippen LogP contribution in [0.4, 0.5) is 0 Å². The van der Waals surface area contributed by atoms with Crippen LogP contribution in [-0.2, 0) is 4.79 Å². The van der Waals surface area contributed by atoms with Crippen molar-refractivity contribution in [2.24, 2.45) is 0 Å². The van der Waals surface area contributed by atoms with Crippen molar-refractivity contribution >= 4 is 27.9 Å². The molecule has 2 aromatic heterocycles. The Hall–Kier alpha value is -2.49. The van der Waals surface area contributed by atoms with Crippen LogP contribution in [0.1, 0.15) is 25.3 Å². The minimum atomic E-state index is -0.233. The quantitative estimate of drug-likeness (QED) is 0.669. The van der Waals surface area contributed by atoms with Crippen molar-refractivity contribution in [3.8, 4) is 0 Å². The summed E-state index contributed by atoms with van der Waals surface area (Å²) in [5.74, 6) is -0.167. The van der Waals surface area contributed by atoms with Gasteiger partial charge in [0.05, 0.1) is 10.8 Å². The van der Waals surface area contributed by atoms with E-state index >= 15 is 0 Å². The SMILES string of the molecule is CC(=O)C(C)c1ccc2oc3ncccc3c(=O)c2c1. The van der Waals surface area contributed by atoms with Crippen molar-refractivity contribution in [3.63, 3.8) is 0 Å². The van der Waals surface area contributed by atoms with Crippen LogP contribution in [-0.4, -0.2) is 10.8 Å². The summed E-state index contributed by atoms with van der Waals surface area (Å²) in [5.41, 5.74) is 1.52. The molecule has 0 radical (unpaired) electrons. The third-order valence-corrected chi connectivity index (χ3v) is 3.58. The van der Waals surface area contributed by atoms with Crippen molar-refractivity contribution in [3.05, 3.63) is 52.3 Å². The average molecular weight is 267 g/mol. The molecule has 0 saturated heterocycles. The second kappa shape index (κ2) is 4.56. The van der Waals surface area contributed by atoms with Crippen molar-refractivity contribution in [2.45, 2.75) is 19.8 Å². The smallest absolute Gasteiger partial charge is 0.230 e. The molecule has 1 aromatic carbocycles. The van der Waals surface area contributed by atoms with Crippen LogP contribution in [0, 0.1) is 0 Å². The van der Waals surface area contributed by atoms with Gasteiger partial charge >= 0.3 is 0 Å². The zero-order chi connectivity index (χ0) is 14.3. The van der Waals surface area contributed by atoms with E-state index in [-0.39, 0.29) is 17.1 Å². The average Bonchev–Trinajstić information content (AvgIpc) is 2.46. The number of pyridine rings is 1. The monoisotopic (exact) mass is 267 g/mol. The molecule has 100 valence electrons. The molecule has 0 aliphatic carbocycles. The predicted octanol–water partition coefficient (Wildman–Crippen LogP) is 3.03. The van der Waals surface area contributed by atoms with Crippen LogP contribution in [0.25, 0.3) is 22.1 Å². The molecule has 3 rings (SSSR count). The predicted molar refractivity (Wildman–Crippen MR) is 76.9 cm³/mol. The third-order valence-electron chi connectivity index (χ3n) is 3.58. The van der Waals surface area contributed by atoms with E-state index in [0.29, 0.717) is 22.1 Å². The summed E-state index contributed by atoms with van der Waals surface area (Å²) < 4.78 is 5.63. The van der Waals surface area contributed by atoms with Crippen molar-refractivity contribution in [1.29, 1.82) is 0 Å². The molecule has 2 heterocycles. The normalized spacial score (nSPS) is 12.7. The molecule has 1 unspecified atom stereocenters. The molecule has 0 aliphatic heterocycles. The molecule has 4 nitrogen and oxygen atoms in total. The number of Topliss-reactive ketones (excluding diaryl/α,β-unsaturated/α-hetero) is 1. The largest absolute Gasteiger partial charge is 0.437 e. The van der Waals surface area contributed by atoms with Gasteiger partial charge in [-0.25, -0.2) is 4.98 Å². The van der Waals surface area contributed by atoms with Crippen LogP contribution in [0.15, 0.2) is 45.7 Å². The lowest BCUT2D eigenvalue weighted by molar-refractivity contribution is -0.118. The zero-order valence-electron chi connectivity index (χ0n) is 11.2. The first-order valence-electron chi connectivity index (χ1n) is 6.40. The summed E-state index contributed by atoms with van der Waals surface area (Å²) in [7, 11) is 0. The van der Waals surface area contributed by atoms with Gasteiger partial charge in [0, 0.05) is 12.1 Å². The van der Waals surface area contributed by atoms with E-state index in [1.807, 2.05) is 13.0 Å². The van der Waals surface area contributed by atoms with Crippen molar-refractivity contribution in [2.75, 3.05) is 0 Å². The molecule has 4 heteroatoms. The maximum Gasteiger partial charge on any atom is 0.230 e. The van der Waals surface area contributed by atoms with Crippen LogP contribution >= 0.6 is 0 Å². The molecule has 0 bridgehead atoms. The third kappa shape index (κ3) is 1.90. The highest BCUT2D eigenvalue weighted by molar-refractivity contribution is 5.90. The van der Waals surface area contributed by atoms with Gasteiger partial charge in [0.15, 0.2) is 0 Å². The van der Waals surface area contributed by atoms with Crippen LogP contribution in [0.5, 0.6) is 0 Å². The number of carbonyl (C=O) groups is 1. The maximum atomic E-state index is 12.4. The van der Waals surface area contributed by atoms with E-state index < -0.39 is 0 Å². The Kier molecular flexibility index (Phi) is 2.86. The lowest BCUT2D eigenvalue weighted by Gasteiger charge is -2.08. The summed E-state index contributed by atoms with van der Waals surface area (Å²) in [6.07, 6.45) is 1.59. The molecule has 0 spiro atoms. The summed E-state index contributed by atoms with van der Waals surface area (Å²) in [6.45, 7) is 3.37. The lowest BCUT2D eigenvalue weighted by atomic mass is 9.96. The fraction of sp³-hybridized carbons (Fsp3) is 0.188. The van der Waals surface area contributed by atoms with Gasteiger partial charge in [-0.15, -0.1) is 0 Å². The summed E-state index contributed by atoms with van der Waals surface area (Å²) in [4.78, 5) is 28.0. The second-order valence-electron chi connectivity index (χ2n) is 4.88. The molecule has 0 aliphatic rings. The fourth-order valence-corrected chi connectivity index (χ4v) is 2.21. The zero-order valence-corrected chi connectivity index (χ0v) is 11.2. The molecule has 0 N–H and O–H groups in total. The van der Waals surface area contributed by atoms with Gasteiger partial charge in [-0.1, -0.05) is 13.0 Å². The van der Waals surface area contributed by atoms with E-state index in [1.54, 1.807) is 37.4 Å². The first-order valence-corrected chi connectivity index (χ1v) is 6.40. The Morgan fingerprint density at radius 2 is 2.05 bits per heavy atom. The molecule has 0 fully saturated rings. The minimum Gasteiger partial charge on any atom is -0.437 e. The van der Waals surface area contributed by atoms with E-state index in [9.17, 15) is 9.59 Å². The maximum absolute atomic E-state index is 12.4. The van der Waals surface area contributed by atoms with E-state index in [2.05, 4.69) is 4.98 Å². The van der Waals surface area contributed by atoms with Gasteiger partial charge in [0.1, 0.15) is 11.4 Å². The Balaban J connectivity index is 2.34. The van der Waals surface area contributed by atoms with Crippen molar-refractivity contribution in [1.82, 2.24) is 4.98 Å². The molecular weight excluding hydrogens is 254 g/mol. The molecule has 3 aromatic rings.